The maximum Gasteiger partial charge on any atom is 0.255 e. The molecule has 1 aromatic rings. The molecule has 0 saturated carbocycles. The Balaban J connectivity index is 0.00000242. The van der Waals surface area contributed by atoms with Gasteiger partial charge >= 0.3 is 0 Å². The van der Waals surface area contributed by atoms with Crippen molar-refractivity contribution < 1.29 is 14.3 Å². The number of amides is 1. The largest absolute Gasteiger partial charge is 0.493 e. The number of methoxy groups -OCH3 is 2. The number of carbonyl (C=O) groups excluding carboxylic acids is 1. The van der Waals surface area contributed by atoms with Crippen molar-refractivity contribution in [2.24, 2.45) is 5.41 Å². The number of ether oxygens (including phenoxy) is 2. The molecule has 0 aromatic heterocycles. The number of benzene rings is 1. The maximum absolute atomic E-state index is 12.4. The van der Waals surface area contributed by atoms with Crippen LogP contribution in [0, 0.1) is 5.41 Å². The fourth-order valence-corrected chi connectivity index (χ4v) is 2.72. The molecule has 22 heavy (non-hydrogen) atoms. The summed E-state index contributed by atoms with van der Waals surface area (Å²) in [4.78, 5) is 12.4. The van der Waals surface area contributed by atoms with E-state index in [-0.39, 0.29) is 23.7 Å². The second-order valence-electron chi connectivity index (χ2n) is 5.81. The fraction of sp³-hybridized carbons (Fsp3) is 0.562. The molecule has 1 aliphatic heterocycles. The van der Waals surface area contributed by atoms with Crippen LogP contribution in [-0.2, 0) is 0 Å². The molecule has 2 rings (SSSR count). The van der Waals surface area contributed by atoms with Crippen LogP contribution < -0.4 is 20.1 Å². The van der Waals surface area contributed by atoms with E-state index in [0.29, 0.717) is 23.6 Å². The van der Waals surface area contributed by atoms with Crippen LogP contribution in [0.25, 0.3) is 0 Å². The number of nitrogens with one attached hydrogen (secondary N) is 2. The molecule has 1 amide bonds. The van der Waals surface area contributed by atoms with Gasteiger partial charge in [-0.05, 0) is 36.9 Å². The Morgan fingerprint density at radius 1 is 1.36 bits per heavy atom. The van der Waals surface area contributed by atoms with Crippen molar-refractivity contribution in [2.45, 2.75) is 19.8 Å². The number of halogens is 1. The lowest BCUT2D eigenvalue weighted by Gasteiger charge is -2.34. The first-order valence-corrected chi connectivity index (χ1v) is 7.29. The molecule has 1 unspecified atom stereocenters. The van der Waals surface area contributed by atoms with Gasteiger partial charge in [0.15, 0.2) is 11.5 Å². The van der Waals surface area contributed by atoms with E-state index in [1.807, 2.05) is 0 Å². The highest BCUT2D eigenvalue weighted by atomic mass is 35.5. The second-order valence-corrected chi connectivity index (χ2v) is 5.81. The van der Waals surface area contributed by atoms with Gasteiger partial charge in [-0.3, -0.25) is 4.79 Å². The summed E-state index contributed by atoms with van der Waals surface area (Å²) >= 11 is 0. The minimum Gasteiger partial charge on any atom is -0.493 e. The monoisotopic (exact) mass is 328 g/mol. The van der Waals surface area contributed by atoms with Crippen molar-refractivity contribution in [1.82, 2.24) is 10.6 Å². The van der Waals surface area contributed by atoms with E-state index in [2.05, 4.69) is 17.6 Å². The molecule has 1 aromatic carbocycles. The van der Waals surface area contributed by atoms with Gasteiger partial charge in [-0.25, -0.2) is 0 Å². The van der Waals surface area contributed by atoms with Crippen molar-refractivity contribution in [3.05, 3.63) is 23.8 Å². The molecule has 0 bridgehead atoms. The fourth-order valence-electron chi connectivity index (χ4n) is 2.72. The van der Waals surface area contributed by atoms with E-state index in [9.17, 15) is 4.79 Å². The standard InChI is InChI=1S/C16H24N2O3.ClH/c1-16(8-5-9-17-10-16)11-18-15(19)12-6-4-7-13(20-2)14(12)21-3;/h4,6-7,17H,5,8-11H2,1-3H3,(H,18,19);1H. The van der Waals surface area contributed by atoms with Gasteiger partial charge in [0.2, 0.25) is 0 Å². The van der Waals surface area contributed by atoms with Crippen LogP contribution in [0.4, 0.5) is 0 Å². The Bertz CT molecular complexity index is 502. The van der Waals surface area contributed by atoms with Gasteiger partial charge in [-0.15, -0.1) is 12.4 Å². The van der Waals surface area contributed by atoms with Gasteiger partial charge in [0, 0.05) is 13.1 Å². The highest BCUT2D eigenvalue weighted by Gasteiger charge is 2.27. The number of rotatable bonds is 5. The predicted molar refractivity (Wildman–Crippen MR) is 89.3 cm³/mol. The van der Waals surface area contributed by atoms with Gasteiger partial charge in [0.25, 0.3) is 5.91 Å². The Hall–Kier alpha value is -1.46. The van der Waals surface area contributed by atoms with Crippen molar-refractivity contribution in [1.29, 1.82) is 0 Å². The minimum atomic E-state index is -0.127. The average Bonchev–Trinajstić information content (AvgIpc) is 2.52. The van der Waals surface area contributed by atoms with Gasteiger partial charge in [-0.1, -0.05) is 13.0 Å². The van der Waals surface area contributed by atoms with Crippen molar-refractivity contribution in [3.8, 4) is 11.5 Å². The summed E-state index contributed by atoms with van der Waals surface area (Å²) in [5, 5.41) is 6.40. The highest BCUT2D eigenvalue weighted by Crippen LogP contribution is 2.31. The van der Waals surface area contributed by atoms with Crippen LogP contribution in [0.2, 0.25) is 0 Å². The number of carbonyl (C=O) groups is 1. The van der Waals surface area contributed by atoms with Crippen molar-refractivity contribution in [3.63, 3.8) is 0 Å². The van der Waals surface area contributed by atoms with E-state index in [4.69, 9.17) is 9.47 Å². The maximum atomic E-state index is 12.4. The molecule has 1 heterocycles. The molecule has 0 radical (unpaired) electrons. The summed E-state index contributed by atoms with van der Waals surface area (Å²) in [6, 6.07) is 5.32. The minimum absolute atomic E-state index is 0. The molecular weight excluding hydrogens is 304 g/mol. The lowest BCUT2D eigenvalue weighted by molar-refractivity contribution is 0.0921. The lowest BCUT2D eigenvalue weighted by Crippen LogP contribution is -2.45. The van der Waals surface area contributed by atoms with Gasteiger partial charge < -0.3 is 20.1 Å². The third kappa shape index (κ3) is 4.27. The number of piperidine rings is 1. The molecular formula is C16H25ClN2O3. The van der Waals surface area contributed by atoms with Gasteiger partial charge in [-0.2, -0.15) is 0 Å². The van der Waals surface area contributed by atoms with Crippen LogP contribution in [0.5, 0.6) is 11.5 Å². The molecule has 6 heteroatoms. The lowest BCUT2D eigenvalue weighted by atomic mass is 9.83. The quantitative estimate of drug-likeness (QED) is 0.870. The van der Waals surface area contributed by atoms with Crippen LogP contribution >= 0.6 is 12.4 Å². The summed E-state index contributed by atoms with van der Waals surface area (Å²) in [5.41, 5.74) is 0.615. The van der Waals surface area contributed by atoms with Crippen molar-refractivity contribution in [2.75, 3.05) is 33.9 Å². The predicted octanol–water partition coefficient (Wildman–Crippen LogP) is 2.25. The number of para-hydroxylation sites is 1. The SMILES string of the molecule is COc1cccc(C(=O)NCC2(C)CCCNC2)c1OC.Cl. The second kappa shape index (κ2) is 8.25. The summed E-state index contributed by atoms with van der Waals surface area (Å²) < 4.78 is 10.5. The first-order chi connectivity index (χ1) is 10.1. The van der Waals surface area contributed by atoms with Crippen LogP contribution in [-0.4, -0.2) is 39.8 Å². The molecule has 1 fully saturated rings. The molecule has 0 aliphatic carbocycles. The summed E-state index contributed by atoms with van der Waals surface area (Å²) in [7, 11) is 3.11. The van der Waals surface area contributed by atoms with Gasteiger partial charge in [0.05, 0.1) is 19.8 Å². The van der Waals surface area contributed by atoms with Crippen LogP contribution in [0.3, 0.4) is 0 Å². The Morgan fingerprint density at radius 3 is 2.73 bits per heavy atom. The van der Waals surface area contributed by atoms with Crippen LogP contribution in [0.15, 0.2) is 18.2 Å². The van der Waals surface area contributed by atoms with E-state index in [1.54, 1.807) is 32.4 Å². The van der Waals surface area contributed by atoms with E-state index >= 15 is 0 Å². The van der Waals surface area contributed by atoms with E-state index < -0.39 is 0 Å². The molecule has 1 atom stereocenters. The zero-order valence-electron chi connectivity index (χ0n) is 13.4. The zero-order valence-corrected chi connectivity index (χ0v) is 14.2. The normalized spacial score (nSPS) is 20.7. The Kier molecular flexibility index (Phi) is 6.97. The van der Waals surface area contributed by atoms with Crippen LogP contribution in [0.1, 0.15) is 30.1 Å². The third-order valence-electron chi connectivity index (χ3n) is 4.01. The third-order valence-corrected chi connectivity index (χ3v) is 4.01. The summed E-state index contributed by atoms with van der Waals surface area (Å²) in [6.45, 7) is 4.84. The topological polar surface area (TPSA) is 59.6 Å². The summed E-state index contributed by atoms with van der Waals surface area (Å²) in [6.07, 6.45) is 2.27. The summed E-state index contributed by atoms with van der Waals surface area (Å²) in [5.74, 6) is 0.915. The molecule has 5 nitrogen and oxygen atoms in total. The number of hydrogen-bond donors (Lipinski definition) is 2. The zero-order chi connectivity index (χ0) is 15.3. The molecule has 0 spiro atoms. The first kappa shape index (κ1) is 18.6. The van der Waals surface area contributed by atoms with E-state index in [0.717, 1.165) is 25.9 Å². The van der Waals surface area contributed by atoms with Crippen molar-refractivity contribution >= 4 is 18.3 Å². The number of hydrogen-bond acceptors (Lipinski definition) is 4. The Labute approximate surface area is 138 Å². The first-order valence-electron chi connectivity index (χ1n) is 7.29. The van der Waals surface area contributed by atoms with Gasteiger partial charge in [0.1, 0.15) is 0 Å². The smallest absolute Gasteiger partial charge is 0.255 e. The Morgan fingerprint density at radius 2 is 2.14 bits per heavy atom. The molecule has 1 aliphatic rings. The average molecular weight is 329 g/mol. The molecule has 1 saturated heterocycles. The molecule has 124 valence electrons. The van der Waals surface area contributed by atoms with E-state index in [1.165, 1.54) is 0 Å². The molecule has 2 N–H and O–H groups in total. The highest BCUT2D eigenvalue weighted by molar-refractivity contribution is 5.97.